The molecule has 0 N–H and O–H groups in total. The molecule has 2 heteroatoms. The number of rotatable bonds is 3. The van der Waals surface area contributed by atoms with E-state index >= 15 is 0 Å². The van der Waals surface area contributed by atoms with Crippen molar-refractivity contribution in [2.45, 2.75) is 67.7 Å². The summed E-state index contributed by atoms with van der Waals surface area (Å²) in [6.45, 7) is 17.4. The zero-order valence-corrected chi connectivity index (χ0v) is 14.0. The summed E-state index contributed by atoms with van der Waals surface area (Å²) in [5.41, 5.74) is -0.0294. The first kappa shape index (κ1) is 16.5. The molecular formula is C17H33NO. The Morgan fingerprint density at radius 1 is 1.11 bits per heavy atom. The number of likely N-dealkylation sites (tertiary alicyclic amines) is 1. The molecule has 0 atom stereocenters. The van der Waals surface area contributed by atoms with Gasteiger partial charge in [0.15, 0.2) is 0 Å². The maximum Gasteiger partial charge on any atom is 0.228 e. The van der Waals surface area contributed by atoms with E-state index in [2.05, 4.69) is 53.4 Å². The Morgan fingerprint density at radius 2 is 1.58 bits per heavy atom. The van der Waals surface area contributed by atoms with Crippen molar-refractivity contribution in [1.82, 2.24) is 4.90 Å². The minimum atomic E-state index is -0.233. The van der Waals surface area contributed by atoms with Crippen LogP contribution in [0.15, 0.2) is 0 Å². The fourth-order valence-electron chi connectivity index (χ4n) is 3.60. The molecule has 1 fully saturated rings. The van der Waals surface area contributed by atoms with Gasteiger partial charge in [-0.25, -0.2) is 0 Å². The molecule has 1 amide bonds. The molecule has 19 heavy (non-hydrogen) atoms. The van der Waals surface area contributed by atoms with E-state index in [1.54, 1.807) is 0 Å². The van der Waals surface area contributed by atoms with Gasteiger partial charge in [-0.05, 0) is 36.5 Å². The highest BCUT2D eigenvalue weighted by atomic mass is 16.2. The summed E-state index contributed by atoms with van der Waals surface area (Å²) in [7, 11) is 0. The molecule has 2 nitrogen and oxygen atoms in total. The molecule has 0 saturated carbocycles. The third-order valence-corrected chi connectivity index (χ3v) is 4.32. The topological polar surface area (TPSA) is 20.3 Å². The molecule has 0 aromatic rings. The van der Waals surface area contributed by atoms with Crippen LogP contribution >= 0.6 is 0 Å². The van der Waals surface area contributed by atoms with E-state index in [1.165, 1.54) is 12.8 Å². The lowest BCUT2D eigenvalue weighted by Crippen LogP contribution is -2.46. The molecule has 0 aliphatic carbocycles. The van der Waals surface area contributed by atoms with E-state index in [0.29, 0.717) is 5.91 Å². The molecule has 0 spiro atoms. The van der Waals surface area contributed by atoms with Crippen molar-refractivity contribution in [2.75, 3.05) is 13.1 Å². The average molecular weight is 267 g/mol. The highest BCUT2D eigenvalue weighted by molar-refractivity contribution is 5.82. The van der Waals surface area contributed by atoms with Gasteiger partial charge in [0.05, 0.1) is 0 Å². The Bertz CT molecular complexity index is 304. The monoisotopic (exact) mass is 267 g/mol. The third-order valence-electron chi connectivity index (χ3n) is 4.32. The van der Waals surface area contributed by atoms with Crippen LogP contribution in [-0.2, 0) is 4.79 Å². The van der Waals surface area contributed by atoms with Crippen LogP contribution in [0.1, 0.15) is 67.7 Å². The smallest absolute Gasteiger partial charge is 0.228 e. The van der Waals surface area contributed by atoms with Gasteiger partial charge in [0.2, 0.25) is 5.91 Å². The first-order valence-corrected chi connectivity index (χ1v) is 7.82. The SMILES string of the molecule is CC(C)C1CCN(C(=O)C(C)(C)CC(C)(C)C)CC1. The van der Waals surface area contributed by atoms with Crippen LogP contribution in [0.3, 0.4) is 0 Å². The van der Waals surface area contributed by atoms with Crippen LogP contribution in [0.25, 0.3) is 0 Å². The zero-order valence-electron chi connectivity index (χ0n) is 14.0. The second-order valence-corrected chi connectivity index (χ2v) is 8.49. The second kappa shape index (κ2) is 5.85. The first-order valence-electron chi connectivity index (χ1n) is 7.82. The van der Waals surface area contributed by atoms with Gasteiger partial charge in [-0.15, -0.1) is 0 Å². The lowest BCUT2D eigenvalue weighted by Gasteiger charge is -2.40. The van der Waals surface area contributed by atoms with Gasteiger partial charge in [-0.1, -0.05) is 48.5 Å². The molecule has 0 aromatic carbocycles. The van der Waals surface area contributed by atoms with Gasteiger partial charge in [0.1, 0.15) is 0 Å². The van der Waals surface area contributed by atoms with Crippen LogP contribution in [0.2, 0.25) is 0 Å². The molecule has 0 aromatic heterocycles. The van der Waals surface area contributed by atoms with Crippen molar-refractivity contribution in [3.8, 4) is 0 Å². The van der Waals surface area contributed by atoms with E-state index in [1.807, 2.05) is 0 Å². The molecule has 1 rings (SSSR count). The molecule has 1 heterocycles. The highest BCUT2D eigenvalue weighted by Crippen LogP contribution is 2.36. The number of hydrogen-bond acceptors (Lipinski definition) is 1. The van der Waals surface area contributed by atoms with Crippen molar-refractivity contribution in [3.63, 3.8) is 0 Å². The van der Waals surface area contributed by atoms with Gasteiger partial charge in [0.25, 0.3) is 0 Å². The quantitative estimate of drug-likeness (QED) is 0.744. The van der Waals surface area contributed by atoms with Gasteiger partial charge in [-0.3, -0.25) is 4.79 Å². The predicted octanol–water partition coefficient (Wildman–Crippen LogP) is 4.34. The van der Waals surface area contributed by atoms with Crippen LogP contribution in [0.4, 0.5) is 0 Å². The second-order valence-electron chi connectivity index (χ2n) is 8.49. The summed E-state index contributed by atoms with van der Waals surface area (Å²) in [6.07, 6.45) is 3.30. The number of carbonyl (C=O) groups is 1. The third kappa shape index (κ3) is 4.81. The minimum absolute atomic E-state index is 0.204. The van der Waals surface area contributed by atoms with Crippen molar-refractivity contribution >= 4 is 5.91 Å². The number of amides is 1. The van der Waals surface area contributed by atoms with E-state index in [9.17, 15) is 4.79 Å². The highest BCUT2D eigenvalue weighted by Gasteiger charge is 2.37. The molecule has 112 valence electrons. The van der Waals surface area contributed by atoms with Crippen LogP contribution in [0, 0.1) is 22.7 Å². The fraction of sp³-hybridized carbons (Fsp3) is 0.941. The van der Waals surface area contributed by atoms with Crippen molar-refractivity contribution in [3.05, 3.63) is 0 Å². The average Bonchev–Trinajstić information content (AvgIpc) is 2.25. The molecule has 0 radical (unpaired) electrons. The van der Waals surface area contributed by atoms with E-state index in [-0.39, 0.29) is 10.8 Å². The zero-order chi connectivity index (χ0) is 14.8. The largest absolute Gasteiger partial charge is 0.342 e. The summed E-state index contributed by atoms with van der Waals surface area (Å²) < 4.78 is 0. The lowest BCUT2D eigenvalue weighted by atomic mass is 9.75. The summed E-state index contributed by atoms with van der Waals surface area (Å²) in [4.78, 5) is 14.8. The maximum absolute atomic E-state index is 12.7. The van der Waals surface area contributed by atoms with Crippen LogP contribution < -0.4 is 0 Å². The van der Waals surface area contributed by atoms with E-state index in [4.69, 9.17) is 0 Å². The van der Waals surface area contributed by atoms with E-state index < -0.39 is 0 Å². The summed E-state index contributed by atoms with van der Waals surface area (Å²) in [6, 6.07) is 0. The normalized spacial score (nSPS) is 19.1. The molecule has 1 saturated heterocycles. The minimum Gasteiger partial charge on any atom is -0.342 e. The fourth-order valence-corrected chi connectivity index (χ4v) is 3.60. The number of piperidine rings is 1. The number of hydrogen-bond donors (Lipinski definition) is 0. The maximum atomic E-state index is 12.7. The van der Waals surface area contributed by atoms with Gasteiger partial charge >= 0.3 is 0 Å². The number of nitrogens with zero attached hydrogens (tertiary/aromatic N) is 1. The standard InChI is InChI=1S/C17H33NO/c1-13(2)14-8-10-18(11-9-14)15(19)17(6,7)12-16(3,4)5/h13-14H,8-12H2,1-7H3. The summed E-state index contributed by atoms with van der Waals surface area (Å²) in [5, 5.41) is 0. The Kier molecular flexibility index (Phi) is 5.08. The molecular weight excluding hydrogens is 234 g/mol. The van der Waals surface area contributed by atoms with Gasteiger partial charge < -0.3 is 4.90 Å². The summed E-state index contributed by atoms with van der Waals surface area (Å²) in [5.74, 6) is 1.90. The Labute approximate surface area is 119 Å². The molecule has 0 bridgehead atoms. The van der Waals surface area contributed by atoms with Crippen molar-refractivity contribution < 1.29 is 4.79 Å². The molecule has 0 unspecified atom stereocenters. The molecule has 1 aliphatic rings. The Balaban J connectivity index is 2.59. The summed E-state index contributed by atoms with van der Waals surface area (Å²) >= 11 is 0. The van der Waals surface area contributed by atoms with Crippen molar-refractivity contribution in [1.29, 1.82) is 0 Å². The van der Waals surface area contributed by atoms with Gasteiger partial charge in [0, 0.05) is 18.5 Å². The number of carbonyl (C=O) groups excluding carboxylic acids is 1. The first-order chi connectivity index (χ1) is 8.53. The predicted molar refractivity (Wildman–Crippen MR) is 82.0 cm³/mol. The Morgan fingerprint density at radius 3 is 1.95 bits per heavy atom. The van der Waals surface area contributed by atoms with Crippen LogP contribution in [-0.4, -0.2) is 23.9 Å². The van der Waals surface area contributed by atoms with Crippen LogP contribution in [0.5, 0.6) is 0 Å². The van der Waals surface area contributed by atoms with Gasteiger partial charge in [-0.2, -0.15) is 0 Å². The lowest BCUT2D eigenvalue weighted by molar-refractivity contribution is -0.143. The Hall–Kier alpha value is -0.530. The van der Waals surface area contributed by atoms with Crippen molar-refractivity contribution in [2.24, 2.45) is 22.7 Å². The van der Waals surface area contributed by atoms with E-state index in [0.717, 1.165) is 31.3 Å². The molecule has 1 aliphatic heterocycles.